The first-order chi connectivity index (χ1) is 16.7. The van der Waals surface area contributed by atoms with E-state index in [4.69, 9.17) is 21.1 Å². The number of ether oxygens (including phenoxy) is 2. The Hall–Kier alpha value is -3.41. The maximum absolute atomic E-state index is 13.5. The summed E-state index contributed by atoms with van der Waals surface area (Å²) in [6, 6.07) is 25.2. The zero-order valence-corrected chi connectivity index (χ0v) is 20.9. The summed E-state index contributed by atoms with van der Waals surface area (Å²) < 4.78 is 11.6. The van der Waals surface area contributed by atoms with E-state index in [0.717, 1.165) is 16.7 Å². The molecular weight excluding hydrogens is 462 g/mol. The highest BCUT2D eigenvalue weighted by Crippen LogP contribution is 2.23. The molecule has 0 saturated heterocycles. The molecule has 5 nitrogen and oxygen atoms in total. The number of alkyl carbamates (subject to hydrolysis) is 1. The molecule has 0 bridgehead atoms. The summed E-state index contributed by atoms with van der Waals surface area (Å²) in [6.07, 6.45) is 1.54. The Balaban J connectivity index is 1.91. The van der Waals surface area contributed by atoms with Crippen molar-refractivity contribution in [3.05, 3.63) is 113 Å². The lowest BCUT2D eigenvalue weighted by Crippen LogP contribution is -2.43. The molecule has 3 aromatic rings. The van der Waals surface area contributed by atoms with E-state index in [1.807, 2.05) is 72.8 Å². The van der Waals surface area contributed by atoms with Gasteiger partial charge in [-0.05, 0) is 55.7 Å². The average Bonchev–Trinajstić information content (AvgIpc) is 2.83. The fraction of sp³-hybridized carbons (Fsp3) is 0.241. The number of hydrogen-bond donors (Lipinski definition) is 1. The first-order valence-corrected chi connectivity index (χ1v) is 11.8. The Morgan fingerprint density at radius 3 is 2.11 bits per heavy atom. The summed E-state index contributed by atoms with van der Waals surface area (Å²) in [5.74, 6) is -0.291. The summed E-state index contributed by atoms with van der Waals surface area (Å²) in [4.78, 5) is 26.2. The minimum Gasteiger partial charge on any atom is -0.444 e. The Labute approximate surface area is 211 Å². The van der Waals surface area contributed by atoms with Crippen molar-refractivity contribution >= 4 is 29.6 Å². The fourth-order valence-electron chi connectivity index (χ4n) is 3.38. The Bertz CT molecular complexity index is 1120. The summed E-state index contributed by atoms with van der Waals surface area (Å²) in [5, 5.41) is 3.47. The summed E-state index contributed by atoms with van der Waals surface area (Å²) >= 11 is 5.96. The lowest BCUT2D eigenvalue weighted by Gasteiger charge is -2.28. The molecule has 3 rings (SSSR count). The van der Waals surface area contributed by atoms with Gasteiger partial charge >= 0.3 is 6.09 Å². The zero-order valence-electron chi connectivity index (χ0n) is 20.1. The molecule has 0 unspecified atom stereocenters. The minimum absolute atomic E-state index is 0.200. The highest BCUT2D eigenvalue weighted by atomic mass is 35.5. The number of nitrogens with one attached hydrogen (secondary N) is 1. The topological polar surface area (TPSA) is 64.6 Å². The number of benzene rings is 3. The first-order valence-electron chi connectivity index (χ1n) is 11.4. The van der Waals surface area contributed by atoms with Crippen LogP contribution >= 0.6 is 11.6 Å². The van der Waals surface area contributed by atoms with Crippen molar-refractivity contribution < 1.29 is 19.1 Å². The minimum atomic E-state index is -0.992. The van der Waals surface area contributed by atoms with E-state index in [1.54, 1.807) is 39.0 Å². The SMILES string of the molecule is CC(C)(C)OC(=O)N[C@@H](c1ccccc1)[C@@H](OCc1ccccc1)C(=O)/C=C/c1ccc(Cl)cc1. The van der Waals surface area contributed by atoms with Crippen LogP contribution in [0.3, 0.4) is 0 Å². The quantitative estimate of drug-likeness (QED) is 0.335. The predicted molar refractivity (Wildman–Crippen MR) is 139 cm³/mol. The summed E-state index contributed by atoms with van der Waals surface area (Å²) in [7, 11) is 0. The van der Waals surface area contributed by atoms with Gasteiger partial charge in [-0.15, -0.1) is 0 Å². The second-order valence-electron chi connectivity index (χ2n) is 9.04. The lowest BCUT2D eigenvalue weighted by atomic mass is 9.97. The molecule has 182 valence electrons. The Kier molecular flexibility index (Phi) is 9.24. The van der Waals surface area contributed by atoms with Crippen molar-refractivity contribution in [2.45, 2.75) is 45.1 Å². The van der Waals surface area contributed by atoms with Crippen molar-refractivity contribution in [3.63, 3.8) is 0 Å². The van der Waals surface area contributed by atoms with Gasteiger partial charge in [0.2, 0.25) is 0 Å². The van der Waals surface area contributed by atoms with Gasteiger partial charge in [0.05, 0.1) is 12.6 Å². The Morgan fingerprint density at radius 2 is 1.51 bits per heavy atom. The molecule has 0 heterocycles. The normalized spacial score (nSPS) is 13.3. The molecule has 0 aromatic heterocycles. The summed E-state index contributed by atoms with van der Waals surface area (Å²) in [5.41, 5.74) is 1.77. The van der Waals surface area contributed by atoms with E-state index >= 15 is 0 Å². The number of rotatable bonds is 9. The monoisotopic (exact) mass is 491 g/mol. The highest BCUT2D eigenvalue weighted by molar-refractivity contribution is 6.30. The third-order valence-electron chi connectivity index (χ3n) is 5.00. The van der Waals surface area contributed by atoms with E-state index < -0.39 is 23.8 Å². The molecular formula is C29H30ClNO4. The number of halogens is 1. The molecule has 1 amide bonds. The third-order valence-corrected chi connectivity index (χ3v) is 5.25. The van der Waals surface area contributed by atoms with Crippen LogP contribution in [0.2, 0.25) is 5.02 Å². The van der Waals surface area contributed by atoms with Crippen LogP contribution in [0.1, 0.15) is 43.5 Å². The van der Waals surface area contributed by atoms with Gasteiger partial charge in [0.15, 0.2) is 5.78 Å². The largest absolute Gasteiger partial charge is 0.444 e. The first kappa shape index (κ1) is 26.2. The number of hydrogen-bond acceptors (Lipinski definition) is 4. The van der Waals surface area contributed by atoms with Gasteiger partial charge in [-0.2, -0.15) is 0 Å². The Morgan fingerprint density at radius 1 is 0.914 bits per heavy atom. The van der Waals surface area contributed by atoms with Gasteiger partial charge in [-0.1, -0.05) is 90.5 Å². The van der Waals surface area contributed by atoms with E-state index in [0.29, 0.717) is 5.02 Å². The molecule has 0 saturated carbocycles. The lowest BCUT2D eigenvalue weighted by molar-refractivity contribution is -0.128. The standard InChI is InChI=1S/C29H30ClNO4/c1-29(2,3)35-28(33)31-26(23-12-8-5-9-13-23)27(34-20-22-10-6-4-7-11-22)25(32)19-16-21-14-17-24(30)18-15-21/h4-19,26-27H,20H2,1-3H3,(H,31,33)/b19-16+/t26-,27-/m0/s1. The highest BCUT2D eigenvalue weighted by Gasteiger charge is 2.32. The van der Waals surface area contributed by atoms with Crippen LogP contribution in [0.25, 0.3) is 6.08 Å². The van der Waals surface area contributed by atoms with Gasteiger partial charge < -0.3 is 14.8 Å². The maximum Gasteiger partial charge on any atom is 0.408 e. The number of carbonyl (C=O) groups is 2. The van der Waals surface area contributed by atoms with Crippen molar-refractivity contribution in [2.75, 3.05) is 0 Å². The van der Waals surface area contributed by atoms with Crippen molar-refractivity contribution in [3.8, 4) is 0 Å². The van der Waals surface area contributed by atoms with Gasteiger partial charge in [-0.25, -0.2) is 4.79 Å². The van der Waals surface area contributed by atoms with Gasteiger partial charge in [0, 0.05) is 5.02 Å². The molecule has 2 atom stereocenters. The zero-order chi connectivity index (χ0) is 25.3. The van der Waals surface area contributed by atoms with Crippen LogP contribution in [-0.4, -0.2) is 23.6 Å². The van der Waals surface area contributed by atoms with Gasteiger partial charge in [0.1, 0.15) is 11.7 Å². The molecule has 0 aliphatic carbocycles. The number of ketones is 1. The molecule has 0 aliphatic heterocycles. The van der Waals surface area contributed by atoms with Crippen molar-refractivity contribution in [1.82, 2.24) is 5.32 Å². The van der Waals surface area contributed by atoms with E-state index in [-0.39, 0.29) is 12.4 Å². The number of amides is 1. The van der Waals surface area contributed by atoms with Crippen LogP contribution in [0, 0.1) is 0 Å². The second-order valence-corrected chi connectivity index (χ2v) is 9.48. The van der Waals surface area contributed by atoms with Crippen molar-refractivity contribution in [2.24, 2.45) is 0 Å². The second kappa shape index (κ2) is 12.3. The van der Waals surface area contributed by atoms with Crippen LogP contribution in [0.5, 0.6) is 0 Å². The van der Waals surface area contributed by atoms with E-state index in [2.05, 4.69) is 5.32 Å². The molecule has 6 heteroatoms. The third kappa shape index (κ3) is 8.71. The summed E-state index contributed by atoms with van der Waals surface area (Å²) in [6.45, 7) is 5.56. The average molecular weight is 492 g/mol. The van der Waals surface area contributed by atoms with Crippen LogP contribution in [0.15, 0.2) is 91.0 Å². The van der Waals surface area contributed by atoms with Crippen LogP contribution in [0.4, 0.5) is 4.79 Å². The molecule has 1 N–H and O–H groups in total. The molecule has 0 spiro atoms. The van der Waals surface area contributed by atoms with Crippen LogP contribution < -0.4 is 5.32 Å². The molecule has 3 aromatic carbocycles. The maximum atomic E-state index is 13.5. The van der Waals surface area contributed by atoms with E-state index in [9.17, 15) is 9.59 Å². The predicted octanol–water partition coefficient (Wildman–Crippen LogP) is 6.77. The molecule has 0 fully saturated rings. The van der Waals surface area contributed by atoms with Gasteiger partial charge in [0.25, 0.3) is 0 Å². The fourth-order valence-corrected chi connectivity index (χ4v) is 3.50. The molecule has 0 radical (unpaired) electrons. The van der Waals surface area contributed by atoms with Crippen molar-refractivity contribution in [1.29, 1.82) is 0 Å². The number of carbonyl (C=O) groups excluding carboxylic acids is 2. The smallest absolute Gasteiger partial charge is 0.408 e. The van der Waals surface area contributed by atoms with Gasteiger partial charge in [-0.3, -0.25) is 4.79 Å². The molecule has 0 aliphatic rings. The van der Waals surface area contributed by atoms with Crippen LogP contribution in [-0.2, 0) is 20.9 Å². The van der Waals surface area contributed by atoms with E-state index in [1.165, 1.54) is 6.08 Å². The molecule has 35 heavy (non-hydrogen) atoms.